The molecular weight excluding hydrogens is 208 g/mol. The van der Waals surface area contributed by atoms with Crippen molar-refractivity contribution >= 4 is 0 Å². The molecule has 0 saturated heterocycles. The van der Waals surface area contributed by atoms with E-state index in [-0.39, 0.29) is 0 Å². The first-order chi connectivity index (χ1) is 7.88. The minimum atomic E-state index is 0.323. The topological polar surface area (TPSA) is 6.48 Å². The molecule has 0 fully saturated rings. The predicted molar refractivity (Wildman–Crippen MR) is 78.6 cm³/mol. The van der Waals surface area contributed by atoms with Crippen LogP contribution in [0.3, 0.4) is 0 Å². The Morgan fingerprint density at radius 3 is 2.00 bits per heavy atom. The van der Waals surface area contributed by atoms with Crippen LogP contribution >= 0.6 is 0 Å². The molecule has 0 bridgehead atoms. The van der Waals surface area contributed by atoms with Gasteiger partial charge in [0, 0.05) is 11.6 Å². The summed E-state index contributed by atoms with van der Waals surface area (Å²) in [6, 6.07) is 0.715. The van der Waals surface area contributed by atoms with E-state index >= 15 is 0 Å². The van der Waals surface area contributed by atoms with Crippen molar-refractivity contribution in [2.24, 2.45) is 0 Å². The van der Waals surface area contributed by atoms with Gasteiger partial charge in [-0.3, -0.25) is 4.90 Å². The van der Waals surface area contributed by atoms with Crippen LogP contribution in [0.25, 0.3) is 0 Å². The highest BCUT2D eigenvalue weighted by atomic mass is 15.2. The van der Waals surface area contributed by atoms with Gasteiger partial charge in [0.25, 0.3) is 0 Å². The summed E-state index contributed by atoms with van der Waals surface area (Å²) < 4.78 is 0. The molecule has 0 aliphatic heterocycles. The van der Waals surface area contributed by atoms with Gasteiger partial charge in [-0.2, -0.15) is 0 Å². The molecule has 0 aromatic rings. The SMILES string of the molecule is CCCC(C)N(C)CCC(C)(C)N(CC)CC. The molecule has 0 rings (SSSR count). The Hall–Kier alpha value is -0.0800. The Balaban J connectivity index is 4.16. The first-order valence-corrected chi connectivity index (χ1v) is 7.34. The standard InChI is InChI=1S/C15H34N2/c1-8-11-14(4)16(7)13-12-15(5,6)17(9-2)10-3/h14H,8-13H2,1-7H3. The fourth-order valence-electron chi connectivity index (χ4n) is 2.55. The van der Waals surface area contributed by atoms with Crippen LogP contribution in [0.2, 0.25) is 0 Å². The zero-order valence-electron chi connectivity index (χ0n) is 13.2. The van der Waals surface area contributed by atoms with Crippen LogP contribution in [0.5, 0.6) is 0 Å². The van der Waals surface area contributed by atoms with Gasteiger partial charge in [0.15, 0.2) is 0 Å². The number of hydrogen-bond acceptors (Lipinski definition) is 2. The molecular formula is C15H34N2. The summed E-state index contributed by atoms with van der Waals surface area (Å²) in [6.45, 7) is 17.4. The summed E-state index contributed by atoms with van der Waals surface area (Å²) in [7, 11) is 2.26. The largest absolute Gasteiger partial charge is 0.304 e. The van der Waals surface area contributed by atoms with Crippen molar-refractivity contribution in [3.05, 3.63) is 0 Å². The van der Waals surface area contributed by atoms with Gasteiger partial charge in [-0.25, -0.2) is 0 Å². The van der Waals surface area contributed by atoms with Crippen molar-refractivity contribution in [3.8, 4) is 0 Å². The van der Waals surface area contributed by atoms with Gasteiger partial charge in [0.1, 0.15) is 0 Å². The maximum absolute atomic E-state index is 2.56. The Labute approximate surface area is 109 Å². The summed E-state index contributed by atoms with van der Waals surface area (Å²) in [5.74, 6) is 0. The van der Waals surface area contributed by atoms with Gasteiger partial charge in [0.2, 0.25) is 0 Å². The molecule has 104 valence electrons. The number of hydrogen-bond donors (Lipinski definition) is 0. The van der Waals surface area contributed by atoms with E-state index in [9.17, 15) is 0 Å². The first kappa shape index (κ1) is 16.9. The van der Waals surface area contributed by atoms with Crippen LogP contribution in [0.15, 0.2) is 0 Å². The molecule has 0 aromatic heterocycles. The van der Waals surface area contributed by atoms with Crippen LogP contribution in [0.1, 0.15) is 60.8 Å². The van der Waals surface area contributed by atoms with E-state index in [4.69, 9.17) is 0 Å². The van der Waals surface area contributed by atoms with Gasteiger partial charge >= 0.3 is 0 Å². The zero-order chi connectivity index (χ0) is 13.5. The van der Waals surface area contributed by atoms with E-state index in [0.717, 1.165) is 13.1 Å². The molecule has 2 nitrogen and oxygen atoms in total. The second kappa shape index (κ2) is 8.10. The maximum atomic E-state index is 2.56. The van der Waals surface area contributed by atoms with Gasteiger partial charge < -0.3 is 4.90 Å². The third-order valence-corrected chi connectivity index (χ3v) is 4.15. The smallest absolute Gasteiger partial charge is 0.0165 e. The molecule has 0 saturated carbocycles. The van der Waals surface area contributed by atoms with Crippen LogP contribution in [0, 0.1) is 0 Å². The van der Waals surface area contributed by atoms with Crippen molar-refractivity contribution in [1.82, 2.24) is 9.80 Å². The van der Waals surface area contributed by atoms with Crippen LogP contribution < -0.4 is 0 Å². The van der Waals surface area contributed by atoms with Gasteiger partial charge in [-0.1, -0.05) is 27.2 Å². The average molecular weight is 242 g/mol. The molecule has 17 heavy (non-hydrogen) atoms. The molecule has 0 aliphatic rings. The van der Waals surface area contributed by atoms with Crippen LogP contribution in [0.4, 0.5) is 0 Å². The fourth-order valence-corrected chi connectivity index (χ4v) is 2.55. The Kier molecular flexibility index (Phi) is 8.06. The minimum Gasteiger partial charge on any atom is -0.304 e. The Bertz CT molecular complexity index is 185. The van der Waals surface area contributed by atoms with Crippen molar-refractivity contribution in [3.63, 3.8) is 0 Å². The van der Waals surface area contributed by atoms with E-state index in [2.05, 4.69) is 58.4 Å². The van der Waals surface area contributed by atoms with E-state index in [1.165, 1.54) is 25.8 Å². The second-order valence-electron chi connectivity index (χ2n) is 5.85. The molecule has 1 atom stereocenters. The summed E-state index contributed by atoms with van der Waals surface area (Å²) in [6.07, 6.45) is 3.84. The zero-order valence-corrected chi connectivity index (χ0v) is 13.2. The lowest BCUT2D eigenvalue weighted by Gasteiger charge is -2.39. The summed E-state index contributed by atoms with van der Waals surface area (Å²) in [4.78, 5) is 5.07. The molecule has 0 heterocycles. The number of rotatable bonds is 9. The average Bonchev–Trinajstić information content (AvgIpc) is 2.27. The lowest BCUT2D eigenvalue weighted by molar-refractivity contribution is 0.105. The highest BCUT2D eigenvalue weighted by molar-refractivity contribution is 4.81. The van der Waals surface area contributed by atoms with Crippen LogP contribution in [-0.2, 0) is 0 Å². The Morgan fingerprint density at radius 2 is 1.59 bits per heavy atom. The van der Waals surface area contributed by atoms with Crippen molar-refractivity contribution in [2.45, 2.75) is 72.4 Å². The maximum Gasteiger partial charge on any atom is 0.0165 e. The molecule has 0 N–H and O–H groups in total. The lowest BCUT2D eigenvalue weighted by Crippen LogP contribution is -2.46. The van der Waals surface area contributed by atoms with Crippen molar-refractivity contribution < 1.29 is 0 Å². The van der Waals surface area contributed by atoms with Crippen molar-refractivity contribution in [1.29, 1.82) is 0 Å². The van der Waals surface area contributed by atoms with Gasteiger partial charge in [0.05, 0.1) is 0 Å². The molecule has 0 radical (unpaired) electrons. The van der Waals surface area contributed by atoms with E-state index < -0.39 is 0 Å². The van der Waals surface area contributed by atoms with Gasteiger partial charge in [-0.05, 0) is 60.3 Å². The fraction of sp³-hybridized carbons (Fsp3) is 1.00. The van der Waals surface area contributed by atoms with Gasteiger partial charge in [-0.15, -0.1) is 0 Å². The van der Waals surface area contributed by atoms with E-state index in [1.807, 2.05) is 0 Å². The monoisotopic (exact) mass is 242 g/mol. The van der Waals surface area contributed by atoms with E-state index in [0.29, 0.717) is 11.6 Å². The quantitative estimate of drug-likeness (QED) is 0.609. The van der Waals surface area contributed by atoms with Crippen molar-refractivity contribution in [2.75, 3.05) is 26.7 Å². The highest BCUT2D eigenvalue weighted by Crippen LogP contribution is 2.19. The highest BCUT2D eigenvalue weighted by Gasteiger charge is 2.24. The predicted octanol–water partition coefficient (Wildman–Crippen LogP) is 3.62. The molecule has 0 spiro atoms. The third kappa shape index (κ3) is 5.87. The molecule has 2 heteroatoms. The number of nitrogens with zero attached hydrogens (tertiary/aromatic N) is 2. The van der Waals surface area contributed by atoms with E-state index in [1.54, 1.807) is 0 Å². The molecule has 1 unspecified atom stereocenters. The summed E-state index contributed by atoms with van der Waals surface area (Å²) in [5.41, 5.74) is 0.323. The second-order valence-corrected chi connectivity index (χ2v) is 5.85. The minimum absolute atomic E-state index is 0.323. The molecule has 0 amide bonds. The molecule has 0 aliphatic carbocycles. The van der Waals surface area contributed by atoms with Crippen LogP contribution in [-0.4, -0.2) is 48.1 Å². The first-order valence-electron chi connectivity index (χ1n) is 7.34. The summed E-state index contributed by atoms with van der Waals surface area (Å²) in [5, 5.41) is 0. The normalized spacial score (nSPS) is 14.6. The third-order valence-electron chi connectivity index (χ3n) is 4.15. The Morgan fingerprint density at radius 1 is 1.06 bits per heavy atom. The summed E-state index contributed by atoms with van der Waals surface area (Å²) >= 11 is 0. The molecule has 0 aromatic carbocycles. The lowest BCUT2D eigenvalue weighted by atomic mass is 9.97.